The van der Waals surface area contributed by atoms with Gasteiger partial charge in [-0.25, -0.2) is 4.79 Å². The Kier molecular flexibility index (Phi) is 3.83. The quantitative estimate of drug-likeness (QED) is 0.872. The Hall–Kier alpha value is -1.91. The fraction of sp³-hybridized carbons (Fsp3) is 0.500. The average Bonchev–Trinajstić information content (AvgIpc) is 2.70. The first-order chi connectivity index (χ1) is 9.00. The highest BCUT2D eigenvalue weighted by atomic mass is 16.4. The van der Waals surface area contributed by atoms with Gasteiger partial charge in [-0.3, -0.25) is 9.78 Å². The van der Waals surface area contributed by atoms with E-state index in [0.29, 0.717) is 11.8 Å². The van der Waals surface area contributed by atoms with E-state index in [-0.39, 0.29) is 23.1 Å². The molecule has 5 nitrogen and oxygen atoms in total. The van der Waals surface area contributed by atoms with E-state index in [0.717, 1.165) is 12.8 Å². The van der Waals surface area contributed by atoms with Gasteiger partial charge in [0.15, 0.2) is 0 Å². The molecule has 1 fully saturated rings. The van der Waals surface area contributed by atoms with Gasteiger partial charge in [-0.15, -0.1) is 0 Å². The summed E-state index contributed by atoms with van der Waals surface area (Å²) in [7, 11) is 0. The van der Waals surface area contributed by atoms with Crippen LogP contribution in [0.4, 0.5) is 0 Å². The van der Waals surface area contributed by atoms with Crippen molar-refractivity contribution in [3.05, 3.63) is 29.6 Å². The molecule has 0 bridgehead atoms. The fourth-order valence-electron chi connectivity index (χ4n) is 2.58. The minimum Gasteiger partial charge on any atom is -0.478 e. The maximum atomic E-state index is 12.2. The molecule has 1 heterocycles. The van der Waals surface area contributed by atoms with Crippen LogP contribution < -0.4 is 5.32 Å². The number of carbonyl (C=O) groups is 2. The molecule has 3 atom stereocenters. The Morgan fingerprint density at radius 1 is 1.32 bits per heavy atom. The van der Waals surface area contributed by atoms with Crippen LogP contribution in [0, 0.1) is 11.8 Å². The molecule has 0 aliphatic heterocycles. The molecule has 102 valence electrons. The minimum absolute atomic E-state index is 0.0568. The van der Waals surface area contributed by atoms with Gasteiger partial charge in [0.1, 0.15) is 0 Å². The summed E-state index contributed by atoms with van der Waals surface area (Å²) in [6.45, 7) is 4.29. The second-order valence-corrected chi connectivity index (χ2v) is 5.22. The normalized spacial score (nSPS) is 26.1. The minimum atomic E-state index is -1.13. The second-order valence-electron chi connectivity index (χ2n) is 5.22. The molecule has 1 saturated carbocycles. The van der Waals surface area contributed by atoms with Gasteiger partial charge < -0.3 is 10.4 Å². The van der Waals surface area contributed by atoms with Crippen LogP contribution in [0.15, 0.2) is 18.5 Å². The lowest BCUT2D eigenvalue weighted by Gasteiger charge is -2.20. The summed E-state index contributed by atoms with van der Waals surface area (Å²) in [6.07, 6.45) is 4.68. The molecule has 0 spiro atoms. The lowest BCUT2D eigenvalue weighted by atomic mass is 9.97. The molecule has 2 rings (SSSR count). The molecule has 1 aliphatic carbocycles. The summed E-state index contributed by atoms with van der Waals surface area (Å²) in [5.41, 5.74) is 0.118. The van der Waals surface area contributed by atoms with E-state index in [1.54, 1.807) is 0 Å². The SMILES string of the molecule is CC1CCC(NC(=O)c2ccncc2C(=O)O)C1C. The Labute approximate surface area is 112 Å². The third kappa shape index (κ3) is 2.75. The molecule has 19 heavy (non-hydrogen) atoms. The summed E-state index contributed by atoms with van der Waals surface area (Å²) in [6, 6.07) is 1.57. The molecule has 5 heteroatoms. The molecular weight excluding hydrogens is 244 g/mol. The largest absolute Gasteiger partial charge is 0.478 e. The van der Waals surface area contributed by atoms with Crippen molar-refractivity contribution in [1.29, 1.82) is 0 Å². The zero-order valence-electron chi connectivity index (χ0n) is 11.1. The predicted molar refractivity (Wildman–Crippen MR) is 70.0 cm³/mol. The number of hydrogen-bond acceptors (Lipinski definition) is 3. The number of carbonyl (C=O) groups excluding carboxylic acids is 1. The van der Waals surface area contributed by atoms with E-state index in [2.05, 4.69) is 24.1 Å². The molecule has 0 saturated heterocycles. The van der Waals surface area contributed by atoms with Gasteiger partial charge in [0.05, 0.1) is 11.1 Å². The monoisotopic (exact) mass is 262 g/mol. The molecular formula is C14H18N2O3. The molecule has 1 amide bonds. The highest BCUT2D eigenvalue weighted by molar-refractivity contribution is 6.04. The first-order valence-corrected chi connectivity index (χ1v) is 6.49. The smallest absolute Gasteiger partial charge is 0.338 e. The summed E-state index contributed by atoms with van der Waals surface area (Å²) < 4.78 is 0. The molecule has 0 radical (unpaired) electrons. The van der Waals surface area contributed by atoms with Crippen molar-refractivity contribution in [2.45, 2.75) is 32.7 Å². The third-order valence-electron chi connectivity index (χ3n) is 4.08. The van der Waals surface area contributed by atoms with E-state index < -0.39 is 5.97 Å². The van der Waals surface area contributed by atoms with Crippen molar-refractivity contribution in [1.82, 2.24) is 10.3 Å². The number of nitrogens with zero attached hydrogens (tertiary/aromatic N) is 1. The third-order valence-corrected chi connectivity index (χ3v) is 4.08. The number of rotatable bonds is 3. The van der Waals surface area contributed by atoms with Gasteiger partial charge in [-0.1, -0.05) is 13.8 Å². The number of pyridine rings is 1. The highest BCUT2D eigenvalue weighted by Crippen LogP contribution is 2.31. The highest BCUT2D eigenvalue weighted by Gasteiger charge is 2.31. The number of hydrogen-bond donors (Lipinski definition) is 2. The van der Waals surface area contributed by atoms with E-state index in [1.807, 2.05) is 0 Å². The maximum absolute atomic E-state index is 12.2. The Bertz CT molecular complexity index is 501. The second kappa shape index (κ2) is 5.38. The number of aromatic carboxylic acids is 1. The first-order valence-electron chi connectivity index (χ1n) is 6.49. The van der Waals surface area contributed by atoms with E-state index in [1.165, 1.54) is 18.5 Å². The van der Waals surface area contributed by atoms with E-state index >= 15 is 0 Å². The van der Waals surface area contributed by atoms with Gasteiger partial charge in [-0.05, 0) is 30.7 Å². The van der Waals surface area contributed by atoms with Crippen molar-refractivity contribution >= 4 is 11.9 Å². The van der Waals surface area contributed by atoms with Crippen molar-refractivity contribution in [2.75, 3.05) is 0 Å². The number of carboxylic acids is 1. The van der Waals surface area contributed by atoms with Crippen LogP contribution in [0.1, 0.15) is 47.4 Å². The maximum Gasteiger partial charge on any atom is 0.338 e. The number of carboxylic acid groups (broad SMARTS) is 1. The summed E-state index contributed by atoms with van der Waals surface area (Å²) >= 11 is 0. The zero-order valence-corrected chi connectivity index (χ0v) is 11.1. The molecule has 1 aliphatic rings. The van der Waals surface area contributed by atoms with Crippen LogP contribution in [0.3, 0.4) is 0 Å². The van der Waals surface area contributed by atoms with Gasteiger partial charge in [0.2, 0.25) is 0 Å². The van der Waals surface area contributed by atoms with Crippen molar-refractivity contribution in [3.8, 4) is 0 Å². The Morgan fingerprint density at radius 3 is 2.63 bits per heavy atom. The van der Waals surface area contributed by atoms with Crippen LogP contribution in [0.5, 0.6) is 0 Å². The number of nitrogens with one attached hydrogen (secondary N) is 1. The van der Waals surface area contributed by atoms with Crippen molar-refractivity contribution < 1.29 is 14.7 Å². The first kappa shape index (κ1) is 13.5. The Balaban J connectivity index is 2.15. The predicted octanol–water partition coefficient (Wildman–Crippen LogP) is 1.94. The standard InChI is InChI=1S/C14H18N2O3/c1-8-3-4-12(9(8)2)16-13(17)10-5-6-15-7-11(10)14(18)19/h5-9,12H,3-4H2,1-2H3,(H,16,17)(H,18,19). The summed E-state index contributed by atoms with van der Waals surface area (Å²) in [5, 5.41) is 12.0. The van der Waals surface area contributed by atoms with E-state index in [9.17, 15) is 9.59 Å². The van der Waals surface area contributed by atoms with Gasteiger partial charge in [0, 0.05) is 18.4 Å². The van der Waals surface area contributed by atoms with Crippen LogP contribution >= 0.6 is 0 Å². The zero-order chi connectivity index (χ0) is 14.0. The molecule has 3 unspecified atom stereocenters. The molecule has 2 N–H and O–H groups in total. The number of aromatic nitrogens is 1. The lowest BCUT2D eigenvalue weighted by Crippen LogP contribution is -2.38. The van der Waals surface area contributed by atoms with Crippen LogP contribution in [-0.4, -0.2) is 28.0 Å². The Morgan fingerprint density at radius 2 is 2.05 bits per heavy atom. The van der Waals surface area contributed by atoms with E-state index in [4.69, 9.17) is 5.11 Å². The summed E-state index contributed by atoms with van der Waals surface area (Å²) in [4.78, 5) is 27.0. The summed E-state index contributed by atoms with van der Waals surface area (Å²) in [5.74, 6) is -0.461. The average molecular weight is 262 g/mol. The van der Waals surface area contributed by atoms with Crippen molar-refractivity contribution in [2.24, 2.45) is 11.8 Å². The van der Waals surface area contributed by atoms with Crippen LogP contribution in [0.2, 0.25) is 0 Å². The topological polar surface area (TPSA) is 79.3 Å². The van der Waals surface area contributed by atoms with Gasteiger partial charge in [0.25, 0.3) is 5.91 Å². The van der Waals surface area contributed by atoms with Crippen molar-refractivity contribution in [3.63, 3.8) is 0 Å². The van der Waals surface area contributed by atoms with Crippen LogP contribution in [0.25, 0.3) is 0 Å². The van der Waals surface area contributed by atoms with Gasteiger partial charge in [-0.2, -0.15) is 0 Å². The van der Waals surface area contributed by atoms with Crippen LogP contribution in [-0.2, 0) is 0 Å². The lowest BCUT2D eigenvalue weighted by molar-refractivity contribution is 0.0689. The fourth-order valence-corrected chi connectivity index (χ4v) is 2.58. The molecule has 1 aromatic heterocycles. The molecule has 1 aromatic rings. The number of amides is 1. The molecule has 0 aromatic carbocycles. The van der Waals surface area contributed by atoms with Gasteiger partial charge >= 0.3 is 5.97 Å².